The minimum atomic E-state index is -1.31. The van der Waals surface area contributed by atoms with Gasteiger partial charge in [0.25, 0.3) is 0 Å². The molecule has 0 aromatic rings. The predicted octanol–water partition coefficient (Wildman–Crippen LogP) is -0.610. The van der Waals surface area contributed by atoms with Crippen LogP contribution in [0.2, 0.25) is 0 Å². The third kappa shape index (κ3) is 4.15. The fourth-order valence-electron chi connectivity index (χ4n) is 2.08. The summed E-state index contributed by atoms with van der Waals surface area (Å²) in [5, 5.41) is 23.0. The number of rotatable bonds is 4. The van der Waals surface area contributed by atoms with Crippen LogP contribution in [0.3, 0.4) is 0 Å². The zero-order chi connectivity index (χ0) is 13.7. The molecular formula is C11H21N3O4. The van der Waals surface area contributed by atoms with Crippen LogP contribution < -0.4 is 16.4 Å². The number of nitrogens with two attached hydrogens (primary N) is 1. The highest BCUT2D eigenvalue weighted by atomic mass is 16.4. The summed E-state index contributed by atoms with van der Waals surface area (Å²) in [6, 6.07) is -2.16. The maximum absolute atomic E-state index is 11.6. The van der Waals surface area contributed by atoms with Crippen LogP contribution in [-0.4, -0.2) is 46.4 Å². The Morgan fingerprint density at radius 1 is 1.33 bits per heavy atom. The summed E-state index contributed by atoms with van der Waals surface area (Å²) in [6.07, 6.45) is 2.53. The van der Waals surface area contributed by atoms with E-state index in [1.807, 2.05) is 0 Å². The topological polar surface area (TPSA) is 125 Å². The lowest BCUT2D eigenvalue weighted by molar-refractivity contribution is -0.141. The molecule has 0 bridgehead atoms. The average Bonchev–Trinajstić information content (AvgIpc) is 2.28. The summed E-state index contributed by atoms with van der Waals surface area (Å²) in [5.41, 5.74) is 5.87. The third-order valence-corrected chi connectivity index (χ3v) is 3.17. The van der Waals surface area contributed by atoms with Crippen molar-refractivity contribution in [2.75, 3.05) is 0 Å². The van der Waals surface area contributed by atoms with Gasteiger partial charge in [0.05, 0.1) is 6.10 Å². The summed E-state index contributed by atoms with van der Waals surface area (Å²) in [7, 11) is 0. The molecular weight excluding hydrogens is 238 g/mol. The van der Waals surface area contributed by atoms with Crippen molar-refractivity contribution in [3.8, 4) is 0 Å². The van der Waals surface area contributed by atoms with E-state index >= 15 is 0 Å². The van der Waals surface area contributed by atoms with Crippen molar-refractivity contribution in [3.63, 3.8) is 0 Å². The van der Waals surface area contributed by atoms with E-state index in [4.69, 9.17) is 10.8 Å². The van der Waals surface area contributed by atoms with Gasteiger partial charge in [0.15, 0.2) is 6.04 Å². The molecule has 1 fully saturated rings. The van der Waals surface area contributed by atoms with Gasteiger partial charge >= 0.3 is 12.0 Å². The first kappa shape index (κ1) is 14.7. The zero-order valence-corrected chi connectivity index (χ0v) is 10.4. The van der Waals surface area contributed by atoms with Crippen LogP contribution in [0, 0.1) is 0 Å². The van der Waals surface area contributed by atoms with Gasteiger partial charge in [0.1, 0.15) is 0 Å². The normalized spacial score (nSPS) is 27.1. The second-order valence-corrected chi connectivity index (χ2v) is 4.73. The Hall–Kier alpha value is -1.34. The number of amides is 2. The van der Waals surface area contributed by atoms with E-state index in [2.05, 4.69) is 10.6 Å². The smallest absolute Gasteiger partial charge is 0.328 e. The number of hydrogen-bond donors (Lipinski definition) is 5. The minimum Gasteiger partial charge on any atom is -0.480 e. The second-order valence-electron chi connectivity index (χ2n) is 4.73. The second kappa shape index (κ2) is 6.55. The first-order valence-electron chi connectivity index (χ1n) is 6.15. The summed E-state index contributed by atoms with van der Waals surface area (Å²) in [5.74, 6) is -1.27. The van der Waals surface area contributed by atoms with Gasteiger partial charge in [-0.1, -0.05) is 12.8 Å². The lowest BCUT2D eigenvalue weighted by Gasteiger charge is -2.30. The van der Waals surface area contributed by atoms with Gasteiger partial charge < -0.3 is 26.6 Å². The summed E-state index contributed by atoms with van der Waals surface area (Å²) < 4.78 is 0. The van der Waals surface area contributed by atoms with E-state index in [1.54, 1.807) is 0 Å². The molecule has 4 unspecified atom stereocenters. The number of urea groups is 1. The maximum Gasteiger partial charge on any atom is 0.328 e. The van der Waals surface area contributed by atoms with Crippen LogP contribution >= 0.6 is 0 Å². The molecule has 0 spiro atoms. The zero-order valence-electron chi connectivity index (χ0n) is 10.4. The Labute approximate surface area is 106 Å². The lowest BCUT2D eigenvalue weighted by Crippen LogP contribution is -2.56. The van der Waals surface area contributed by atoms with Crippen LogP contribution in [0.15, 0.2) is 0 Å². The van der Waals surface area contributed by atoms with Crippen molar-refractivity contribution in [2.45, 2.75) is 56.8 Å². The summed E-state index contributed by atoms with van der Waals surface area (Å²) in [6.45, 7) is 1.31. The standard InChI is InChI=1S/C11H21N3O4/c1-6(15)9(10(16)17)14-11(18)13-8-5-3-2-4-7(8)12/h6-9,15H,2-5,12H2,1H3,(H,16,17)(H2,13,14,18). The Morgan fingerprint density at radius 2 is 1.94 bits per heavy atom. The van der Waals surface area contributed by atoms with Crippen LogP contribution in [0.1, 0.15) is 32.6 Å². The van der Waals surface area contributed by atoms with Crippen LogP contribution in [-0.2, 0) is 4.79 Å². The van der Waals surface area contributed by atoms with Crippen molar-refractivity contribution in [1.82, 2.24) is 10.6 Å². The molecule has 2 amide bonds. The monoisotopic (exact) mass is 259 g/mol. The average molecular weight is 259 g/mol. The molecule has 104 valence electrons. The van der Waals surface area contributed by atoms with E-state index in [1.165, 1.54) is 6.92 Å². The molecule has 1 saturated carbocycles. The highest BCUT2D eigenvalue weighted by molar-refractivity contribution is 5.83. The molecule has 0 radical (unpaired) electrons. The van der Waals surface area contributed by atoms with Crippen molar-refractivity contribution >= 4 is 12.0 Å². The maximum atomic E-state index is 11.6. The fourth-order valence-corrected chi connectivity index (χ4v) is 2.08. The molecule has 7 heteroatoms. The highest BCUT2D eigenvalue weighted by Gasteiger charge is 2.28. The first-order chi connectivity index (χ1) is 8.41. The molecule has 0 aromatic heterocycles. The number of carbonyl (C=O) groups excluding carboxylic acids is 1. The molecule has 0 aromatic carbocycles. The van der Waals surface area contributed by atoms with Gasteiger partial charge in [0, 0.05) is 12.1 Å². The van der Waals surface area contributed by atoms with Crippen molar-refractivity contribution < 1.29 is 19.8 Å². The van der Waals surface area contributed by atoms with Gasteiger partial charge in [-0.15, -0.1) is 0 Å². The molecule has 7 nitrogen and oxygen atoms in total. The number of aliphatic hydroxyl groups excluding tert-OH is 1. The quantitative estimate of drug-likeness (QED) is 0.460. The molecule has 0 saturated heterocycles. The molecule has 4 atom stereocenters. The number of carboxylic acids is 1. The summed E-state index contributed by atoms with van der Waals surface area (Å²) in [4.78, 5) is 22.4. The number of nitrogens with one attached hydrogen (secondary N) is 2. The molecule has 0 heterocycles. The number of hydrogen-bond acceptors (Lipinski definition) is 4. The molecule has 1 aliphatic rings. The fraction of sp³-hybridized carbons (Fsp3) is 0.818. The van der Waals surface area contributed by atoms with E-state index in [-0.39, 0.29) is 12.1 Å². The van der Waals surface area contributed by atoms with Crippen LogP contribution in [0.4, 0.5) is 4.79 Å². The number of aliphatic hydroxyl groups is 1. The SMILES string of the molecule is CC(O)C(NC(=O)NC1CCCCC1N)C(=O)O. The van der Waals surface area contributed by atoms with E-state index in [0.29, 0.717) is 0 Å². The molecule has 0 aliphatic heterocycles. The van der Waals surface area contributed by atoms with E-state index < -0.39 is 24.1 Å². The Kier molecular flexibility index (Phi) is 5.36. The Bertz CT molecular complexity index is 309. The van der Waals surface area contributed by atoms with Crippen molar-refractivity contribution in [1.29, 1.82) is 0 Å². The molecule has 1 rings (SSSR count). The third-order valence-electron chi connectivity index (χ3n) is 3.17. The van der Waals surface area contributed by atoms with Crippen LogP contribution in [0.25, 0.3) is 0 Å². The Morgan fingerprint density at radius 3 is 2.44 bits per heavy atom. The van der Waals surface area contributed by atoms with Crippen molar-refractivity contribution in [2.24, 2.45) is 5.73 Å². The van der Waals surface area contributed by atoms with Crippen LogP contribution in [0.5, 0.6) is 0 Å². The minimum absolute atomic E-state index is 0.0978. The number of carbonyl (C=O) groups is 2. The lowest BCUT2D eigenvalue weighted by atomic mass is 9.91. The summed E-state index contributed by atoms with van der Waals surface area (Å²) >= 11 is 0. The molecule has 1 aliphatic carbocycles. The number of carboxylic acid groups (broad SMARTS) is 1. The molecule has 18 heavy (non-hydrogen) atoms. The first-order valence-corrected chi connectivity index (χ1v) is 6.15. The molecule has 6 N–H and O–H groups in total. The predicted molar refractivity (Wildman–Crippen MR) is 65.0 cm³/mol. The van der Waals surface area contributed by atoms with E-state index in [0.717, 1.165) is 25.7 Å². The van der Waals surface area contributed by atoms with Gasteiger partial charge in [-0.25, -0.2) is 9.59 Å². The Balaban J connectivity index is 2.47. The van der Waals surface area contributed by atoms with Gasteiger partial charge in [-0.2, -0.15) is 0 Å². The van der Waals surface area contributed by atoms with Gasteiger partial charge in [-0.05, 0) is 19.8 Å². The van der Waals surface area contributed by atoms with Crippen molar-refractivity contribution in [3.05, 3.63) is 0 Å². The van der Waals surface area contributed by atoms with Gasteiger partial charge in [-0.3, -0.25) is 0 Å². The number of aliphatic carboxylic acids is 1. The highest BCUT2D eigenvalue weighted by Crippen LogP contribution is 2.16. The van der Waals surface area contributed by atoms with Gasteiger partial charge in [0.2, 0.25) is 0 Å². The largest absolute Gasteiger partial charge is 0.480 e. The van der Waals surface area contributed by atoms with E-state index in [9.17, 15) is 14.7 Å².